The maximum atomic E-state index is 11.1. The van der Waals surface area contributed by atoms with Crippen LogP contribution in [-0.4, -0.2) is 11.1 Å². The van der Waals surface area contributed by atoms with E-state index in [0.717, 1.165) is 27.6 Å². The standard InChI is InChI=1S/C20H18O3/c1-14(20(21)22)16-7-8-18-12-19(10-9-17(18)11-16)23-13-15-5-3-2-4-6-15/h2-12,14H,13H2,1H3,(H,21,22)/t14-/m0/s1. The topological polar surface area (TPSA) is 46.5 Å². The number of hydrogen-bond donors (Lipinski definition) is 1. The van der Waals surface area contributed by atoms with E-state index in [-0.39, 0.29) is 0 Å². The summed E-state index contributed by atoms with van der Waals surface area (Å²) >= 11 is 0. The first-order valence-corrected chi connectivity index (χ1v) is 7.57. The molecule has 0 aliphatic heterocycles. The summed E-state index contributed by atoms with van der Waals surface area (Å²) in [5, 5.41) is 11.2. The van der Waals surface area contributed by atoms with E-state index in [2.05, 4.69) is 0 Å². The van der Waals surface area contributed by atoms with Crippen molar-refractivity contribution in [1.82, 2.24) is 0 Å². The van der Waals surface area contributed by atoms with Crippen LogP contribution in [0.2, 0.25) is 0 Å². The first kappa shape index (κ1) is 15.1. The van der Waals surface area contributed by atoms with Crippen LogP contribution in [0.15, 0.2) is 66.7 Å². The SMILES string of the molecule is C[C@H](C(=O)O)c1ccc2cc(OCc3ccccc3)ccc2c1. The minimum atomic E-state index is -0.813. The minimum Gasteiger partial charge on any atom is -0.489 e. The van der Waals surface area contributed by atoms with Gasteiger partial charge >= 0.3 is 5.97 Å². The number of carbonyl (C=O) groups is 1. The second-order valence-corrected chi connectivity index (χ2v) is 5.60. The molecule has 0 radical (unpaired) electrons. The molecule has 0 spiro atoms. The van der Waals surface area contributed by atoms with Gasteiger partial charge in [-0.2, -0.15) is 0 Å². The molecule has 0 fully saturated rings. The van der Waals surface area contributed by atoms with Gasteiger partial charge in [-0.1, -0.05) is 54.6 Å². The van der Waals surface area contributed by atoms with Gasteiger partial charge in [0.05, 0.1) is 5.92 Å². The van der Waals surface area contributed by atoms with Crippen LogP contribution >= 0.6 is 0 Å². The molecule has 3 rings (SSSR count). The Morgan fingerprint density at radius 1 is 1.00 bits per heavy atom. The highest BCUT2D eigenvalue weighted by Crippen LogP contribution is 2.25. The highest BCUT2D eigenvalue weighted by molar-refractivity contribution is 5.86. The summed E-state index contributed by atoms with van der Waals surface area (Å²) in [7, 11) is 0. The predicted molar refractivity (Wildman–Crippen MR) is 90.8 cm³/mol. The van der Waals surface area contributed by atoms with Gasteiger partial charge in [-0.3, -0.25) is 4.79 Å². The number of rotatable bonds is 5. The highest BCUT2D eigenvalue weighted by atomic mass is 16.5. The van der Waals surface area contributed by atoms with Gasteiger partial charge in [-0.05, 0) is 41.0 Å². The van der Waals surface area contributed by atoms with Crippen molar-refractivity contribution < 1.29 is 14.6 Å². The van der Waals surface area contributed by atoms with Crippen LogP contribution < -0.4 is 4.74 Å². The quantitative estimate of drug-likeness (QED) is 0.749. The fraction of sp³-hybridized carbons (Fsp3) is 0.150. The second kappa shape index (κ2) is 6.53. The lowest BCUT2D eigenvalue weighted by Crippen LogP contribution is -2.07. The first-order chi connectivity index (χ1) is 11.1. The van der Waals surface area contributed by atoms with Gasteiger partial charge in [0.15, 0.2) is 0 Å². The Bertz CT molecular complexity index is 825. The lowest BCUT2D eigenvalue weighted by atomic mass is 9.98. The third-order valence-electron chi connectivity index (χ3n) is 3.95. The lowest BCUT2D eigenvalue weighted by molar-refractivity contribution is -0.138. The Labute approximate surface area is 135 Å². The molecule has 1 atom stereocenters. The molecule has 3 aromatic rings. The third-order valence-corrected chi connectivity index (χ3v) is 3.95. The van der Waals surface area contributed by atoms with E-state index in [0.29, 0.717) is 6.61 Å². The van der Waals surface area contributed by atoms with Crippen molar-refractivity contribution in [3.8, 4) is 5.75 Å². The normalized spacial score (nSPS) is 12.0. The number of aliphatic carboxylic acids is 1. The average Bonchev–Trinajstić information content (AvgIpc) is 2.59. The smallest absolute Gasteiger partial charge is 0.310 e. The van der Waals surface area contributed by atoms with Gasteiger partial charge in [0, 0.05) is 0 Å². The summed E-state index contributed by atoms with van der Waals surface area (Å²) < 4.78 is 5.82. The van der Waals surface area contributed by atoms with Gasteiger partial charge in [0.2, 0.25) is 0 Å². The molecule has 0 unspecified atom stereocenters. The second-order valence-electron chi connectivity index (χ2n) is 5.60. The van der Waals surface area contributed by atoms with Crippen LogP contribution in [0, 0.1) is 0 Å². The Morgan fingerprint density at radius 3 is 2.43 bits per heavy atom. The van der Waals surface area contributed by atoms with E-state index in [9.17, 15) is 4.79 Å². The van der Waals surface area contributed by atoms with Crippen molar-refractivity contribution >= 4 is 16.7 Å². The lowest BCUT2D eigenvalue weighted by Gasteiger charge is -2.10. The molecule has 1 N–H and O–H groups in total. The van der Waals surface area contributed by atoms with E-state index < -0.39 is 11.9 Å². The van der Waals surface area contributed by atoms with E-state index in [1.807, 2.05) is 66.7 Å². The van der Waals surface area contributed by atoms with Gasteiger partial charge in [0.1, 0.15) is 12.4 Å². The predicted octanol–water partition coefficient (Wildman–Crippen LogP) is 4.61. The van der Waals surface area contributed by atoms with Gasteiger partial charge in [-0.25, -0.2) is 0 Å². The Kier molecular flexibility index (Phi) is 4.29. The van der Waals surface area contributed by atoms with Crippen molar-refractivity contribution in [2.75, 3.05) is 0 Å². The summed E-state index contributed by atoms with van der Waals surface area (Å²) in [5.41, 5.74) is 1.93. The summed E-state index contributed by atoms with van der Waals surface area (Å²) in [6, 6.07) is 21.6. The van der Waals surface area contributed by atoms with Crippen LogP contribution in [0.1, 0.15) is 24.0 Å². The molecule has 116 valence electrons. The molecule has 0 aromatic heterocycles. The van der Waals surface area contributed by atoms with Crippen LogP contribution in [0.5, 0.6) is 5.75 Å². The zero-order valence-electron chi connectivity index (χ0n) is 12.9. The highest BCUT2D eigenvalue weighted by Gasteiger charge is 2.13. The van der Waals surface area contributed by atoms with Crippen molar-refractivity contribution in [3.63, 3.8) is 0 Å². The van der Waals surface area contributed by atoms with Crippen LogP contribution in [0.25, 0.3) is 10.8 Å². The molecule has 0 saturated carbocycles. The average molecular weight is 306 g/mol. The fourth-order valence-electron chi connectivity index (χ4n) is 2.48. The maximum absolute atomic E-state index is 11.1. The molecule has 0 heterocycles. The summed E-state index contributed by atoms with van der Waals surface area (Å²) in [6.45, 7) is 2.22. The van der Waals surface area contributed by atoms with Gasteiger partial charge < -0.3 is 9.84 Å². The van der Waals surface area contributed by atoms with E-state index >= 15 is 0 Å². The minimum absolute atomic E-state index is 0.506. The van der Waals surface area contributed by atoms with Crippen molar-refractivity contribution in [3.05, 3.63) is 77.9 Å². The number of carboxylic acid groups (broad SMARTS) is 1. The number of ether oxygens (including phenoxy) is 1. The summed E-state index contributed by atoms with van der Waals surface area (Å²) in [5.74, 6) is -0.513. The Hall–Kier alpha value is -2.81. The van der Waals surface area contributed by atoms with Crippen LogP contribution in [-0.2, 0) is 11.4 Å². The molecule has 23 heavy (non-hydrogen) atoms. The zero-order chi connectivity index (χ0) is 16.2. The van der Waals surface area contributed by atoms with E-state index in [1.165, 1.54) is 0 Å². The van der Waals surface area contributed by atoms with E-state index in [1.54, 1.807) is 6.92 Å². The molecule has 0 saturated heterocycles. The third kappa shape index (κ3) is 3.51. The molecule has 3 heteroatoms. The van der Waals surface area contributed by atoms with Crippen molar-refractivity contribution in [2.24, 2.45) is 0 Å². The number of fused-ring (bicyclic) bond motifs is 1. The number of benzene rings is 3. The molecular formula is C20H18O3. The largest absolute Gasteiger partial charge is 0.489 e. The van der Waals surface area contributed by atoms with Gasteiger partial charge in [0.25, 0.3) is 0 Å². The summed E-state index contributed by atoms with van der Waals surface area (Å²) in [6.07, 6.45) is 0. The van der Waals surface area contributed by atoms with Gasteiger partial charge in [-0.15, -0.1) is 0 Å². The number of carboxylic acids is 1. The first-order valence-electron chi connectivity index (χ1n) is 7.57. The molecule has 0 aliphatic rings. The van der Waals surface area contributed by atoms with Crippen molar-refractivity contribution in [2.45, 2.75) is 19.4 Å². The molecule has 0 amide bonds. The Morgan fingerprint density at radius 2 is 1.70 bits per heavy atom. The zero-order valence-corrected chi connectivity index (χ0v) is 12.9. The monoisotopic (exact) mass is 306 g/mol. The van der Waals surface area contributed by atoms with Crippen LogP contribution in [0.4, 0.5) is 0 Å². The molecular weight excluding hydrogens is 288 g/mol. The van der Waals surface area contributed by atoms with Crippen LogP contribution in [0.3, 0.4) is 0 Å². The molecule has 3 aromatic carbocycles. The fourth-order valence-corrected chi connectivity index (χ4v) is 2.48. The maximum Gasteiger partial charge on any atom is 0.310 e. The molecule has 0 aliphatic carbocycles. The Balaban J connectivity index is 1.79. The van der Waals surface area contributed by atoms with E-state index in [4.69, 9.17) is 9.84 Å². The molecule has 3 nitrogen and oxygen atoms in total. The molecule has 0 bridgehead atoms. The number of hydrogen-bond acceptors (Lipinski definition) is 2. The summed E-state index contributed by atoms with van der Waals surface area (Å²) in [4.78, 5) is 11.1. The van der Waals surface area contributed by atoms with Crippen molar-refractivity contribution in [1.29, 1.82) is 0 Å².